The lowest BCUT2D eigenvalue weighted by molar-refractivity contribution is -0.135. The van der Waals surface area contributed by atoms with Crippen molar-refractivity contribution in [1.29, 1.82) is 0 Å². The molecule has 0 aliphatic rings. The van der Waals surface area contributed by atoms with Gasteiger partial charge in [0.2, 0.25) is 6.54 Å². The smallest absolute Gasteiger partial charge is 0.341 e. The number of ether oxygens (including phenoxy) is 1. The summed E-state index contributed by atoms with van der Waals surface area (Å²) in [5.74, 6) is -0.449. The van der Waals surface area contributed by atoms with E-state index in [9.17, 15) is 4.79 Å². The molecule has 76 valence electrons. The summed E-state index contributed by atoms with van der Waals surface area (Å²) in [6, 6.07) is 9.38. The van der Waals surface area contributed by atoms with Crippen LogP contribution in [0.25, 0.3) is 10.9 Å². The van der Waals surface area contributed by atoms with Gasteiger partial charge in [0.15, 0.2) is 0 Å². The van der Waals surface area contributed by atoms with E-state index in [0.717, 1.165) is 5.56 Å². The van der Waals surface area contributed by atoms with Crippen molar-refractivity contribution in [2.75, 3.05) is 13.7 Å². The van der Waals surface area contributed by atoms with Gasteiger partial charge in [0.25, 0.3) is 0 Å². The van der Waals surface area contributed by atoms with Crippen molar-refractivity contribution in [3.8, 4) is 0 Å². The third kappa shape index (κ3) is 3.28. The maximum Gasteiger partial charge on any atom is 0.341 e. The Morgan fingerprint density at radius 2 is 2.13 bits per heavy atom. The molecule has 15 heavy (non-hydrogen) atoms. The van der Waals surface area contributed by atoms with Crippen LogP contribution in [0.2, 0.25) is 0 Å². The molecule has 1 aromatic rings. The molecule has 0 aromatic heterocycles. The molecule has 0 aliphatic carbocycles. The van der Waals surface area contributed by atoms with Gasteiger partial charge in [-0.25, -0.2) is 11.4 Å². The van der Waals surface area contributed by atoms with Crippen LogP contribution in [-0.4, -0.2) is 19.6 Å². The van der Waals surface area contributed by atoms with E-state index in [0.29, 0.717) is 5.57 Å². The first-order valence-corrected chi connectivity index (χ1v) is 4.45. The van der Waals surface area contributed by atoms with Gasteiger partial charge in [-0.05, 0) is 11.6 Å². The first-order chi connectivity index (χ1) is 7.27. The van der Waals surface area contributed by atoms with Crippen LogP contribution in [-0.2, 0) is 9.53 Å². The predicted octanol–water partition coefficient (Wildman–Crippen LogP) is 2.16. The number of nitrogens with zero attached hydrogens (tertiary/aromatic N) is 1. The minimum absolute atomic E-state index is 0.0432. The summed E-state index contributed by atoms with van der Waals surface area (Å²) < 4.78 is 4.59. The highest BCUT2D eigenvalue weighted by molar-refractivity contribution is 5.94. The van der Waals surface area contributed by atoms with Gasteiger partial charge in [0.05, 0.1) is 7.11 Å². The minimum atomic E-state index is -0.449. The number of carbonyl (C=O) groups is 1. The molecule has 0 unspecified atom stereocenters. The lowest BCUT2D eigenvalue weighted by Gasteiger charge is -1.98. The van der Waals surface area contributed by atoms with Crippen molar-refractivity contribution in [1.82, 2.24) is 0 Å². The van der Waals surface area contributed by atoms with Crippen LogP contribution >= 0.6 is 0 Å². The van der Waals surface area contributed by atoms with Gasteiger partial charge in [-0.3, -0.25) is 0 Å². The molecule has 0 amide bonds. The third-order valence-electron chi connectivity index (χ3n) is 1.84. The Balaban J connectivity index is 2.95. The lowest BCUT2D eigenvalue weighted by atomic mass is 10.1. The highest BCUT2D eigenvalue weighted by Crippen LogP contribution is 2.08. The number of hydrogen-bond donors (Lipinski definition) is 0. The van der Waals surface area contributed by atoms with E-state index in [4.69, 9.17) is 6.57 Å². The van der Waals surface area contributed by atoms with Crippen LogP contribution in [0, 0.1) is 6.57 Å². The van der Waals surface area contributed by atoms with E-state index in [1.807, 2.05) is 30.3 Å². The molecule has 1 aromatic carbocycles. The number of benzene rings is 1. The zero-order valence-corrected chi connectivity index (χ0v) is 8.43. The predicted molar refractivity (Wildman–Crippen MR) is 57.9 cm³/mol. The summed E-state index contributed by atoms with van der Waals surface area (Å²) in [6.45, 7) is 6.79. The number of esters is 1. The second kappa shape index (κ2) is 5.61. The second-order valence-electron chi connectivity index (χ2n) is 2.89. The van der Waals surface area contributed by atoms with E-state index in [1.54, 1.807) is 6.08 Å². The maximum absolute atomic E-state index is 11.3. The molecular weight excluding hydrogens is 190 g/mol. The molecular formula is C12H11NO2. The molecule has 1 rings (SSSR count). The fraction of sp³-hybridized carbons (Fsp3) is 0.167. The first kappa shape index (κ1) is 11.0. The minimum Gasteiger partial charge on any atom is -0.465 e. The van der Waals surface area contributed by atoms with Gasteiger partial charge < -0.3 is 9.58 Å². The second-order valence-corrected chi connectivity index (χ2v) is 2.89. The summed E-state index contributed by atoms with van der Waals surface area (Å²) in [5, 5.41) is 0. The van der Waals surface area contributed by atoms with E-state index in [-0.39, 0.29) is 6.54 Å². The highest BCUT2D eigenvalue weighted by atomic mass is 16.5. The fourth-order valence-corrected chi connectivity index (χ4v) is 1.14. The number of methoxy groups -OCH3 is 1. The zero-order chi connectivity index (χ0) is 11.1. The van der Waals surface area contributed by atoms with Crippen molar-refractivity contribution in [3.63, 3.8) is 0 Å². The fourth-order valence-electron chi connectivity index (χ4n) is 1.14. The van der Waals surface area contributed by atoms with Crippen molar-refractivity contribution >= 4 is 12.0 Å². The molecule has 3 heteroatoms. The van der Waals surface area contributed by atoms with Gasteiger partial charge in [-0.1, -0.05) is 30.3 Å². The van der Waals surface area contributed by atoms with E-state index >= 15 is 0 Å². The quantitative estimate of drug-likeness (QED) is 0.426. The number of rotatable bonds is 3. The first-order valence-electron chi connectivity index (χ1n) is 4.45. The summed E-state index contributed by atoms with van der Waals surface area (Å²) >= 11 is 0. The van der Waals surface area contributed by atoms with Crippen LogP contribution in [0.4, 0.5) is 0 Å². The summed E-state index contributed by atoms with van der Waals surface area (Å²) in [7, 11) is 1.31. The molecule has 3 nitrogen and oxygen atoms in total. The Bertz CT molecular complexity index is 401. The zero-order valence-electron chi connectivity index (χ0n) is 8.43. The standard InChI is InChI=1S/C12H11NO2/c1-13-9-11(12(14)15-2)8-10-6-4-3-5-7-10/h3-8H,9H2,2H3/b11-8+. The van der Waals surface area contributed by atoms with Crippen molar-refractivity contribution in [2.24, 2.45) is 0 Å². The van der Waals surface area contributed by atoms with Crippen LogP contribution in [0.5, 0.6) is 0 Å². The third-order valence-corrected chi connectivity index (χ3v) is 1.84. The van der Waals surface area contributed by atoms with Crippen LogP contribution in [0.15, 0.2) is 35.9 Å². The average Bonchev–Trinajstić information content (AvgIpc) is 2.29. The van der Waals surface area contributed by atoms with Gasteiger partial charge in [0.1, 0.15) is 5.57 Å². The molecule has 0 fully saturated rings. The van der Waals surface area contributed by atoms with Gasteiger partial charge in [0, 0.05) is 0 Å². The average molecular weight is 201 g/mol. The molecule has 0 atom stereocenters. The summed E-state index contributed by atoms with van der Waals surface area (Å²) in [4.78, 5) is 14.5. The normalized spacial score (nSPS) is 10.5. The molecule has 0 saturated carbocycles. The van der Waals surface area contributed by atoms with Crippen LogP contribution in [0.1, 0.15) is 5.56 Å². The monoisotopic (exact) mass is 201 g/mol. The van der Waals surface area contributed by atoms with Crippen LogP contribution < -0.4 is 0 Å². The van der Waals surface area contributed by atoms with Gasteiger partial charge in [-0.15, -0.1) is 0 Å². The van der Waals surface area contributed by atoms with E-state index < -0.39 is 5.97 Å². The number of hydrogen-bond acceptors (Lipinski definition) is 2. The molecule has 0 heterocycles. The van der Waals surface area contributed by atoms with Gasteiger partial charge >= 0.3 is 5.97 Å². The van der Waals surface area contributed by atoms with Crippen LogP contribution in [0.3, 0.4) is 0 Å². The summed E-state index contributed by atoms with van der Waals surface area (Å²) in [5.41, 5.74) is 1.26. The molecule has 0 saturated heterocycles. The Labute approximate surface area is 88.8 Å². The molecule has 0 N–H and O–H groups in total. The topological polar surface area (TPSA) is 30.7 Å². The van der Waals surface area contributed by atoms with E-state index in [2.05, 4.69) is 9.58 Å². The maximum atomic E-state index is 11.3. The molecule has 0 bridgehead atoms. The molecule has 0 aliphatic heterocycles. The van der Waals surface area contributed by atoms with Crippen molar-refractivity contribution in [2.45, 2.75) is 0 Å². The van der Waals surface area contributed by atoms with Crippen molar-refractivity contribution in [3.05, 3.63) is 52.9 Å². The Morgan fingerprint density at radius 3 is 2.67 bits per heavy atom. The van der Waals surface area contributed by atoms with E-state index in [1.165, 1.54) is 7.11 Å². The van der Waals surface area contributed by atoms with Crippen molar-refractivity contribution < 1.29 is 9.53 Å². The molecule has 0 spiro atoms. The highest BCUT2D eigenvalue weighted by Gasteiger charge is 2.11. The van der Waals surface area contributed by atoms with Gasteiger partial charge in [-0.2, -0.15) is 0 Å². The summed E-state index contributed by atoms with van der Waals surface area (Å²) in [6.07, 6.45) is 1.67. The Hall–Kier alpha value is -2.08. The Morgan fingerprint density at radius 1 is 1.47 bits per heavy atom. The lowest BCUT2D eigenvalue weighted by Crippen LogP contribution is -2.06. The SMILES string of the molecule is [C-]#[N+]C/C(=C\c1ccccc1)C(=O)OC. The number of carbonyl (C=O) groups excluding carboxylic acids is 1. The Kier molecular flexibility index (Phi) is 4.11. The molecule has 0 radical (unpaired) electrons. The largest absolute Gasteiger partial charge is 0.465 e.